The molecule has 0 aromatic heterocycles. The second-order valence-electron chi connectivity index (χ2n) is 7.23. The SMILES string of the molecule is CN1C(=O)CO[C@@H]2CN(C3CCCC3)CC[C@]21c1ccccc1. The van der Waals surface area contributed by atoms with E-state index in [9.17, 15) is 4.79 Å². The molecule has 0 bridgehead atoms. The number of morpholine rings is 1. The maximum atomic E-state index is 12.4. The van der Waals surface area contributed by atoms with E-state index in [4.69, 9.17) is 4.74 Å². The zero-order valence-corrected chi connectivity index (χ0v) is 13.9. The molecule has 0 unspecified atom stereocenters. The van der Waals surface area contributed by atoms with E-state index >= 15 is 0 Å². The molecule has 2 heterocycles. The molecule has 3 aliphatic rings. The van der Waals surface area contributed by atoms with Crippen LogP contribution < -0.4 is 0 Å². The first-order chi connectivity index (χ1) is 11.2. The summed E-state index contributed by atoms with van der Waals surface area (Å²) < 4.78 is 6.08. The molecule has 2 atom stereocenters. The molecular formula is C19H26N2O2. The summed E-state index contributed by atoms with van der Waals surface area (Å²) in [4.78, 5) is 16.9. The van der Waals surface area contributed by atoms with Crippen LogP contribution in [0.3, 0.4) is 0 Å². The van der Waals surface area contributed by atoms with Crippen molar-refractivity contribution in [2.75, 3.05) is 26.7 Å². The number of benzene rings is 1. The third-order valence-corrected chi connectivity index (χ3v) is 6.21. The van der Waals surface area contributed by atoms with E-state index in [2.05, 4.69) is 29.2 Å². The molecule has 1 aromatic carbocycles. The van der Waals surface area contributed by atoms with Crippen molar-refractivity contribution in [1.29, 1.82) is 0 Å². The zero-order valence-electron chi connectivity index (χ0n) is 13.9. The monoisotopic (exact) mass is 314 g/mol. The average Bonchev–Trinajstić information content (AvgIpc) is 3.13. The number of amides is 1. The third kappa shape index (κ3) is 2.39. The van der Waals surface area contributed by atoms with Gasteiger partial charge in [-0.2, -0.15) is 0 Å². The Hall–Kier alpha value is -1.39. The number of carbonyl (C=O) groups excluding carboxylic acids is 1. The molecule has 23 heavy (non-hydrogen) atoms. The molecule has 2 saturated heterocycles. The Bertz CT molecular complexity index is 570. The Morgan fingerprint density at radius 3 is 2.65 bits per heavy atom. The van der Waals surface area contributed by atoms with Crippen molar-refractivity contribution in [2.24, 2.45) is 0 Å². The Labute approximate surface area is 138 Å². The fourth-order valence-corrected chi connectivity index (χ4v) is 4.85. The molecule has 0 spiro atoms. The normalized spacial score (nSPS) is 33.0. The van der Waals surface area contributed by atoms with Crippen LogP contribution in [0.5, 0.6) is 0 Å². The number of hydrogen-bond acceptors (Lipinski definition) is 3. The number of likely N-dealkylation sites (N-methyl/N-ethyl adjacent to an activating group) is 1. The first-order valence-electron chi connectivity index (χ1n) is 8.89. The van der Waals surface area contributed by atoms with Crippen molar-refractivity contribution >= 4 is 5.91 Å². The first kappa shape index (κ1) is 15.2. The lowest BCUT2D eigenvalue weighted by Gasteiger charge is -2.55. The van der Waals surface area contributed by atoms with Gasteiger partial charge in [0.15, 0.2) is 0 Å². The molecule has 4 nitrogen and oxygen atoms in total. The fraction of sp³-hybridized carbons (Fsp3) is 0.632. The van der Waals surface area contributed by atoms with Crippen LogP contribution in [0.25, 0.3) is 0 Å². The van der Waals surface area contributed by atoms with Crippen molar-refractivity contribution in [3.8, 4) is 0 Å². The molecule has 1 amide bonds. The van der Waals surface area contributed by atoms with E-state index in [0.717, 1.165) is 25.6 Å². The second-order valence-corrected chi connectivity index (χ2v) is 7.23. The summed E-state index contributed by atoms with van der Waals surface area (Å²) in [6.45, 7) is 2.21. The van der Waals surface area contributed by atoms with E-state index in [1.54, 1.807) is 0 Å². The van der Waals surface area contributed by atoms with E-state index in [1.807, 2.05) is 18.0 Å². The van der Waals surface area contributed by atoms with Crippen LogP contribution >= 0.6 is 0 Å². The average molecular weight is 314 g/mol. The van der Waals surface area contributed by atoms with Gasteiger partial charge in [-0.05, 0) is 24.8 Å². The summed E-state index contributed by atoms with van der Waals surface area (Å²) in [5.41, 5.74) is 0.915. The van der Waals surface area contributed by atoms with Crippen molar-refractivity contribution in [1.82, 2.24) is 9.80 Å². The number of carbonyl (C=O) groups is 1. The lowest BCUT2D eigenvalue weighted by molar-refractivity contribution is -0.184. The number of ether oxygens (including phenoxy) is 1. The minimum Gasteiger partial charge on any atom is -0.364 e. The van der Waals surface area contributed by atoms with Crippen LogP contribution in [0, 0.1) is 0 Å². The molecule has 1 aromatic rings. The molecule has 2 aliphatic heterocycles. The van der Waals surface area contributed by atoms with Gasteiger partial charge in [0.1, 0.15) is 6.61 Å². The van der Waals surface area contributed by atoms with Crippen LogP contribution in [0.4, 0.5) is 0 Å². The highest BCUT2D eigenvalue weighted by Crippen LogP contribution is 2.43. The van der Waals surface area contributed by atoms with Gasteiger partial charge in [-0.15, -0.1) is 0 Å². The van der Waals surface area contributed by atoms with Gasteiger partial charge in [0.2, 0.25) is 5.91 Å². The van der Waals surface area contributed by atoms with Crippen LogP contribution in [-0.2, 0) is 15.1 Å². The van der Waals surface area contributed by atoms with Crippen molar-refractivity contribution in [3.05, 3.63) is 35.9 Å². The third-order valence-electron chi connectivity index (χ3n) is 6.21. The van der Waals surface area contributed by atoms with E-state index in [-0.39, 0.29) is 24.2 Å². The Kier molecular flexibility index (Phi) is 3.90. The van der Waals surface area contributed by atoms with Gasteiger partial charge >= 0.3 is 0 Å². The van der Waals surface area contributed by atoms with Crippen molar-refractivity contribution < 1.29 is 9.53 Å². The number of rotatable bonds is 2. The maximum Gasteiger partial charge on any atom is 0.249 e. The number of likely N-dealkylation sites (tertiary alicyclic amines) is 1. The Balaban J connectivity index is 1.66. The van der Waals surface area contributed by atoms with Crippen LogP contribution in [0.15, 0.2) is 30.3 Å². The molecular weight excluding hydrogens is 288 g/mol. The minimum absolute atomic E-state index is 0.0712. The Morgan fingerprint density at radius 1 is 1.17 bits per heavy atom. The molecule has 1 aliphatic carbocycles. The first-order valence-corrected chi connectivity index (χ1v) is 8.89. The fourth-order valence-electron chi connectivity index (χ4n) is 4.85. The summed E-state index contributed by atoms with van der Waals surface area (Å²) in [6, 6.07) is 11.2. The van der Waals surface area contributed by atoms with Crippen molar-refractivity contribution in [3.63, 3.8) is 0 Å². The summed E-state index contributed by atoms with van der Waals surface area (Å²) in [6.07, 6.45) is 6.38. The summed E-state index contributed by atoms with van der Waals surface area (Å²) in [5, 5.41) is 0. The summed E-state index contributed by atoms with van der Waals surface area (Å²) in [5.74, 6) is 0.0967. The zero-order chi connectivity index (χ0) is 15.9. The van der Waals surface area contributed by atoms with Gasteiger partial charge in [0.05, 0.1) is 11.6 Å². The molecule has 4 heteroatoms. The minimum atomic E-state index is -0.300. The molecule has 0 radical (unpaired) electrons. The van der Waals surface area contributed by atoms with Crippen LogP contribution in [0.1, 0.15) is 37.7 Å². The molecule has 124 valence electrons. The van der Waals surface area contributed by atoms with Gasteiger partial charge in [0.25, 0.3) is 0 Å². The van der Waals surface area contributed by atoms with Gasteiger partial charge in [-0.25, -0.2) is 0 Å². The quantitative estimate of drug-likeness (QED) is 0.840. The summed E-state index contributed by atoms with van der Waals surface area (Å²) in [7, 11) is 1.95. The van der Waals surface area contributed by atoms with Gasteiger partial charge in [0, 0.05) is 26.2 Å². The second kappa shape index (κ2) is 5.91. The predicted molar refractivity (Wildman–Crippen MR) is 89.1 cm³/mol. The van der Waals surface area contributed by atoms with Crippen molar-refractivity contribution in [2.45, 2.75) is 49.8 Å². The van der Waals surface area contributed by atoms with Gasteiger partial charge in [-0.3, -0.25) is 9.69 Å². The molecule has 1 saturated carbocycles. The molecule has 3 fully saturated rings. The topological polar surface area (TPSA) is 32.8 Å². The smallest absolute Gasteiger partial charge is 0.249 e. The van der Waals surface area contributed by atoms with Gasteiger partial charge in [-0.1, -0.05) is 43.2 Å². The summed E-state index contributed by atoms with van der Waals surface area (Å²) >= 11 is 0. The number of hydrogen-bond donors (Lipinski definition) is 0. The number of piperidine rings is 1. The number of nitrogens with zero attached hydrogens (tertiary/aromatic N) is 2. The standard InChI is InChI=1S/C19H26N2O2/c1-20-18(22)14-23-17-13-21(16-9-5-6-10-16)12-11-19(17,20)15-7-3-2-4-8-15/h2-4,7-8,16-17H,5-6,9-14H2,1H3/t17-,19+/m1/s1. The maximum absolute atomic E-state index is 12.4. The number of fused-ring (bicyclic) bond motifs is 1. The van der Waals surface area contributed by atoms with E-state index < -0.39 is 0 Å². The van der Waals surface area contributed by atoms with Crippen LogP contribution in [0.2, 0.25) is 0 Å². The lowest BCUT2D eigenvalue weighted by Crippen LogP contribution is -2.67. The lowest BCUT2D eigenvalue weighted by atomic mass is 9.76. The highest BCUT2D eigenvalue weighted by atomic mass is 16.5. The van der Waals surface area contributed by atoms with E-state index in [0.29, 0.717) is 0 Å². The Morgan fingerprint density at radius 2 is 1.91 bits per heavy atom. The van der Waals surface area contributed by atoms with Gasteiger partial charge < -0.3 is 9.64 Å². The van der Waals surface area contributed by atoms with E-state index in [1.165, 1.54) is 31.2 Å². The molecule has 4 rings (SSSR count). The highest BCUT2D eigenvalue weighted by molar-refractivity contribution is 5.79. The highest BCUT2D eigenvalue weighted by Gasteiger charge is 2.53. The largest absolute Gasteiger partial charge is 0.364 e. The predicted octanol–water partition coefficient (Wildman–Crippen LogP) is 2.39. The molecule has 0 N–H and O–H groups in total. The van der Waals surface area contributed by atoms with Crippen LogP contribution in [-0.4, -0.2) is 54.6 Å².